The number of unbranched alkanes of at least 4 members (excludes halogenated alkanes) is 1. The number of ether oxygens (including phenoxy) is 4. The third-order valence-corrected chi connectivity index (χ3v) is 15.9. The van der Waals surface area contributed by atoms with E-state index in [1.54, 1.807) is 44.2 Å². The number of aliphatic imine (C=N–C) groups is 1. The van der Waals surface area contributed by atoms with E-state index >= 15 is 0 Å². The van der Waals surface area contributed by atoms with Crippen molar-refractivity contribution in [2.24, 2.45) is 22.2 Å². The molecule has 7 atom stereocenters. The highest BCUT2D eigenvalue weighted by molar-refractivity contribution is 8.76. The highest BCUT2D eigenvalue weighted by atomic mass is 33.1. The molecule has 2 aliphatic rings. The highest BCUT2D eigenvalue weighted by Gasteiger charge is 2.35. The molecule has 1 aromatic rings. The van der Waals surface area contributed by atoms with Crippen LogP contribution in [0.5, 0.6) is 0 Å². The van der Waals surface area contributed by atoms with Crippen LogP contribution < -0.4 is 75.7 Å². The Kier molecular flexibility index (Phi) is 41.5. The molecule has 0 unspecified atom stereocenters. The zero-order valence-electron chi connectivity index (χ0n) is 51.4. The number of benzene rings is 1. The van der Waals surface area contributed by atoms with Gasteiger partial charge < -0.3 is 99.7 Å². The molecule has 12 amide bonds. The second-order valence-electron chi connectivity index (χ2n) is 19.9. The molecule has 0 aliphatic carbocycles. The summed E-state index contributed by atoms with van der Waals surface area (Å²) in [6.45, 7) is 8.07. The zero-order valence-corrected chi connectivity index (χ0v) is 53.8. The second kappa shape index (κ2) is 47.4. The van der Waals surface area contributed by atoms with Crippen LogP contribution in [0, 0.1) is 0 Å². The number of primary amides is 1. The van der Waals surface area contributed by atoms with Crippen molar-refractivity contribution in [2.75, 3.05) is 109 Å². The van der Waals surface area contributed by atoms with E-state index in [-0.39, 0.29) is 106 Å². The molecule has 2 aliphatic heterocycles. The van der Waals surface area contributed by atoms with Crippen molar-refractivity contribution in [3.05, 3.63) is 35.9 Å². The molecule has 2 bridgehead atoms. The summed E-state index contributed by atoms with van der Waals surface area (Å²) in [4.78, 5) is 174. The summed E-state index contributed by atoms with van der Waals surface area (Å²) in [6, 6.07) is -1.34. The smallest absolute Gasteiger partial charge is 0.305 e. The molecule has 91 heavy (non-hydrogen) atoms. The van der Waals surface area contributed by atoms with Crippen molar-refractivity contribution in [3.63, 3.8) is 0 Å². The first-order valence-electron chi connectivity index (χ1n) is 29.5. The number of fused-ring (bicyclic) bond motifs is 5. The second-order valence-corrected chi connectivity index (χ2v) is 23.5. The summed E-state index contributed by atoms with van der Waals surface area (Å²) in [5.41, 5.74) is 16.4. The number of carboxylic acids is 1. The molecule has 2 heterocycles. The van der Waals surface area contributed by atoms with Crippen molar-refractivity contribution in [1.82, 2.24) is 58.5 Å². The number of rotatable bonds is 30. The molecule has 18 N–H and O–H groups in total. The fourth-order valence-electron chi connectivity index (χ4n) is 7.93. The lowest BCUT2D eigenvalue weighted by atomic mass is 10.0. The van der Waals surface area contributed by atoms with E-state index < -0.39 is 120 Å². The van der Waals surface area contributed by atoms with Gasteiger partial charge in [-0.3, -0.25) is 67.3 Å². The highest BCUT2D eigenvalue weighted by Crippen LogP contribution is 2.24. The van der Waals surface area contributed by atoms with Crippen LogP contribution in [-0.4, -0.2) is 239 Å². The molecule has 36 heteroatoms. The van der Waals surface area contributed by atoms with E-state index in [4.69, 9.17) is 36.1 Å². The van der Waals surface area contributed by atoms with Gasteiger partial charge in [0.05, 0.1) is 51.8 Å². The maximum atomic E-state index is 14.3. The number of hydrogen-bond acceptors (Lipinski definition) is 21. The SMILES string of the molecule is CCNC(=O)[C@@H]1CSCC(=O)N[C@@H](CCCCNC(=O)CC)C(=O)N[C@H]2CSSC[C@H](NC(=O)[C@H](CC(=O)O)NC(=O)CNC(=O)[C@H](CCCN=C(N)N)NC2=O)C(=O)N[C@@H](Cc2ccccc2)C(=O)N1.CCOCCOCCOCCNC(=O)COCC(N)=O. The molecule has 510 valence electrons. The third kappa shape index (κ3) is 36.8. The first-order chi connectivity index (χ1) is 43.6. The average Bonchev–Trinajstić information content (AvgIpc) is 2.13. The van der Waals surface area contributed by atoms with E-state index in [0.29, 0.717) is 64.6 Å². The number of carboxylic acid groups (broad SMARTS) is 1. The molecular weight excluding hydrogens is 1250 g/mol. The van der Waals surface area contributed by atoms with Gasteiger partial charge in [-0.15, -0.1) is 11.8 Å². The number of nitrogens with two attached hydrogens (primary N) is 3. The number of nitrogens with zero attached hydrogens (tertiary/aromatic N) is 1. The fourth-order valence-corrected chi connectivity index (χ4v) is 11.1. The van der Waals surface area contributed by atoms with Crippen LogP contribution in [0.4, 0.5) is 0 Å². The Balaban J connectivity index is 0.00000120. The van der Waals surface area contributed by atoms with Gasteiger partial charge in [0.1, 0.15) is 55.5 Å². The lowest BCUT2D eigenvalue weighted by Gasteiger charge is -2.27. The van der Waals surface area contributed by atoms with Crippen molar-refractivity contribution in [2.45, 2.75) is 114 Å². The van der Waals surface area contributed by atoms with Gasteiger partial charge in [-0.25, -0.2) is 0 Å². The summed E-state index contributed by atoms with van der Waals surface area (Å²) in [6.07, 6.45) is 0.111. The molecule has 3 rings (SSSR count). The molecule has 33 nitrogen and oxygen atoms in total. The first-order valence-corrected chi connectivity index (χ1v) is 33.1. The first kappa shape index (κ1) is 79.6. The van der Waals surface area contributed by atoms with Gasteiger partial charge in [0, 0.05) is 62.9 Å². The summed E-state index contributed by atoms with van der Waals surface area (Å²) in [5, 5.41) is 38.1. The van der Waals surface area contributed by atoms with Crippen LogP contribution in [0.2, 0.25) is 0 Å². The molecule has 2 fully saturated rings. The van der Waals surface area contributed by atoms with E-state index in [1.165, 1.54) is 0 Å². The number of guanidine groups is 1. The molecule has 0 aromatic heterocycles. The van der Waals surface area contributed by atoms with Crippen molar-refractivity contribution in [1.29, 1.82) is 0 Å². The normalized spacial score (nSPS) is 20.8. The van der Waals surface area contributed by atoms with E-state index in [0.717, 1.165) is 33.3 Å². The number of likely N-dealkylation sites (N-methyl/N-ethyl adjacent to an activating group) is 1. The lowest BCUT2D eigenvalue weighted by Crippen LogP contribution is -2.60. The van der Waals surface area contributed by atoms with E-state index in [9.17, 15) is 67.4 Å². The third-order valence-electron chi connectivity index (χ3n) is 12.5. The monoisotopic (exact) mass is 1340 g/mol. The van der Waals surface area contributed by atoms with Crippen LogP contribution in [0.1, 0.15) is 71.3 Å². The standard InChI is InChI=1S/C43H65N13O12S3.C12H24N2O6/c1-3-32(57)47-15-9-8-13-26-38(64)55-30-21-70-71-22-31(56-40(66)28(18-35(60)61)51-33(58)19-49-36(62)25(52-41(30)67)14-10-16-48-43(44)45)42(68)53-27(17-24-11-6-5-7-12-24)39(65)54-29(37(63)46-4-2)20-69-23-34(59)50-26;1-2-17-5-6-19-8-7-18-4-3-14-12(16)10-20-9-11(13)15/h5-7,11-12,25-31H,3-4,8-10,13-23H2,1-2H3,(H,46,63)(H,47,57)(H,49,62)(H,50,59)(H,51,58)(H,52,67)(H,53,68)(H,54,65)(H,55,64)(H,56,66)(H,60,61)(H4,44,45,48);2-10H2,1H3,(H2,13,15)(H,14,16)/t25-,26-,27-,28-,29-,30-,31-;/m0./s1. The van der Waals surface area contributed by atoms with Crippen molar-refractivity contribution < 1.29 is 86.4 Å². The summed E-state index contributed by atoms with van der Waals surface area (Å²) < 4.78 is 20.3. The maximum Gasteiger partial charge on any atom is 0.305 e. The number of hydrogen-bond donors (Lipinski definition) is 15. The largest absolute Gasteiger partial charge is 0.481 e. The van der Waals surface area contributed by atoms with Crippen LogP contribution in [-0.2, 0) is 87.7 Å². The van der Waals surface area contributed by atoms with Gasteiger partial charge in [-0.2, -0.15) is 0 Å². The molecule has 1 aromatic carbocycles. The average molecular weight is 1340 g/mol. The zero-order chi connectivity index (χ0) is 67.3. The minimum atomic E-state index is -1.77. The van der Waals surface area contributed by atoms with Gasteiger partial charge in [0.25, 0.3) is 0 Å². The van der Waals surface area contributed by atoms with Crippen LogP contribution in [0.15, 0.2) is 35.3 Å². The number of aliphatic carboxylic acids is 1. The number of thioether (sulfide) groups is 1. The van der Waals surface area contributed by atoms with Crippen LogP contribution >= 0.6 is 33.3 Å². The van der Waals surface area contributed by atoms with Crippen LogP contribution in [0.25, 0.3) is 0 Å². The maximum absolute atomic E-state index is 14.3. The summed E-state index contributed by atoms with van der Waals surface area (Å²) in [5.74, 6) is -11.4. The quantitative estimate of drug-likeness (QED) is 0.0148. The molecular formula is C55H89N15O18S3. The number of carbonyl (C=O) groups is 13. The Morgan fingerprint density at radius 3 is 1.79 bits per heavy atom. The lowest BCUT2D eigenvalue weighted by molar-refractivity contribution is -0.141. The van der Waals surface area contributed by atoms with Gasteiger partial charge in [-0.05, 0) is 51.5 Å². The van der Waals surface area contributed by atoms with Gasteiger partial charge >= 0.3 is 5.97 Å². The predicted octanol–water partition coefficient (Wildman–Crippen LogP) is -5.08. The Hall–Kier alpha value is -7.51. The van der Waals surface area contributed by atoms with Crippen molar-refractivity contribution >= 4 is 116 Å². The topological polar surface area (TPSA) is 502 Å². The Bertz CT molecular complexity index is 2540. The van der Waals surface area contributed by atoms with E-state index in [1.807, 2.05) is 6.92 Å². The Morgan fingerprint density at radius 1 is 0.593 bits per heavy atom. The predicted molar refractivity (Wildman–Crippen MR) is 338 cm³/mol. The van der Waals surface area contributed by atoms with Crippen molar-refractivity contribution in [3.8, 4) is 0 Å². The molecule has 0 saturated carbocycles. The molecule has 0 spiro atoms. The number of carbonyl (C=O) groups excluding carboxylic acids is 12. The van der Waals surface area contributed by atoms with Gasteiger partial charge in [0.15, 0.2) is 5.96 Å². The number of amides is 12. The van der Waals surface area contributed by atoms with Gasteiger partial charge in [-0.1, -0.05) is 58.8 Å². The summed E-state index contributed by atoms with van der Waals surface area (Å²) in [7, 11) is 1.91. The Morgan fingerprint density at radius 2 is 1.18 bits per heavy atom. The van der Waals surface area contributed by atoms with Gasteiger partial charge in [0.2, 0.25) is 70.9 Å². The van der Waals surface area contributed by atoms with Crippen LogP contribution in [0.3, 0.4) is 0 Å². The van der Waals surface area contributed by atoms with E-state index in [2.05, 4.69) is 63.5 Å². The minimum Gasteiger partial charge on any atom is -0.481 e. The molecule has 2 saturated heterocycles. The fraction of sp³-hybridized carbons (Fsp3) is 0.636. The Labute approximate surface area is 539 Å². The summed E-state index contributed by atoms with van der Waals surface area (Å²) >= 11 is 0.966. The molecule has 0 radical (unpaired) electrons. The number of nitrogens with one attached hydrogen (secondary N) is 11. The minimum absolute atomic E-state index is 0.0436.